The van der Waals surface area contributed by atoms with Crippen LogP contribution in [0.3, 0.4) is 0 Å². The lowest BCUT2D eigenvalue weighted by Crippen LogP contribution is -2.16. The molecule has 0 atom stereocenters. The van der Waals surface area contributed by atoms with Crippen molar-refractivity contribution in [3.63, 3.8) is 0 Å². The molecular formula is C27H38S. The first-order chi connectivity index (χ1) is 13.2. The van der Waals surface area contributed by atoms with Crippen molar-refractivity contribution in [1.29, 1.82) is 0 Å². The van der Waals surface area contributed by atoms with Gasteiger partial charge in [0.25, 0.3) is 0 Å². The third kappa shape index (κ3) is 8.69. The molecule has 0 radical (unpaired) electrons. The summed E-state index contributed by atoms with van der Waals surface area (Å²) in [7, 11) is 0. The zero-order valence-electron chi connectivity index (χ0n) is 18.7. The SMILES string of the molecule is CCCCSc1ccc(/C=C/C2=CC(=C/C=C/C(C)(C)C)/CC(C)(C)C2)cc1. The highest BCUT2D eigenvalue weighted by atomic mass is 32.2. The first-order valence-corrected chi connectivity index (χ1v) is 11.7. The van der Waals surface area contributed by atoms with Crippen molar-refractivity contribution in [2.75, 3.05) is 5.75 Å². The minimum Gasteiger partial charge on any atom is -0.126 e. The molecule has 0 heterocycles. The van der Waals surface area contributed by atoms with Gasteiger partial charge in [0, 0.05) is 4.90 Å². The average Bonchev–Trinajstić information content (AvgIpc) is 2.59. The summed E-state index contributed by atoms with van der Waals surface area (Å²) in [6.07, 6.45) is 18.6. The molecule has 28 heavy (non-hydrogen) atoms. The van der Waals surface area contributed by atoms with Gasteiger partial charge in [-0.05, 0) is 64.7 Å². The summed E-state index contributed by atoms with van der Waals surface area (Å²) in [6.45, 7) is 13.7. The van der Waals surface area contributed by atoms with Crippen molar-refractivity contribution in [3.8, 4) is 0 Å². The summed E-state index contributed by atoms with van der Waals surface area (Å²) >= 11 is 1.96. The van der Waals surface area contributed by atoms with E-state index < -0.39 is 0 Å². The Hall–Kier alpha value is -1.47. The van der Waals surface area contributed by atoms with E-state index in [0.29, 0.717) is 5.41 Å². The number of thioether (sulfide) groups is 1. The van der Waals surface area contributed by atoms with Gasteiger partial charge in [0.05, 0.1) is 0 Å². The van der Waals surface area contributed by atoms with E-state index in [1.54, 1.807) is 0 Å². The van der Waals surface area contributed by atoms with Gasteiger partial charge in [0.15, 0.2) is 0 Å². The van der Waals surface area contributed by atoms with E-state index in [4.69, 9.17) is 0 Å². The van der Waals surface area contributed by atoms with Crippen LogP contribution in [0.1, 0.15) is 72.8 Å². The first-order valence-electron chi connectivity index (χ1n) is 10.7. The van der Waals surface area contributed by atoms with Gasteiger partial charge in [0.2, 0.25) is 0 Å². The van der Waals surface area contributed by atoms with Crippen molar-refractivity contribution in [2.24, 2.45) is 10.8 Å². The Balaban J connectivity index is 2.07. The zero-order chi connectivity index (χ0) is 20.6. The van der Waals surface area contributed by atoms with Gasteiger partial charge < -0.3 is 0 Å². The molecule has 0 bridgehead atoms. The monoisotopic (exact) mass is 394 g/mol. The fourth-order valence-electron chi connectivity index (χ4n) is 3.40. The van der Waals surface area contributed by atoms with Crippen molar-refractivity contribution < 1.29 is 0 Å². The van der Waals surface area contributed by atoms with Crippen LogP contribution in [0.4, 0.5) is 0 Å². The van der Waals surface area contributed by atoms with E-state index >= 15 is 0 Å². The van der Waals surface area contributed by atoms with Gasteiger partial charge in [-0.2, -0.15) is 0 Å². The quantitative estimate of drug-likeness (QED) is 0.328. The van der Waals surface area contributed by atoms with E-state index in [-0.39, 0.29) is 5.41 Å². The number of allylic oxidation sites excluding steroid dienone is 7. The molecule has 0 fully saturated rings. The maximum atomic E-state index is 2.38. The number of unbranched alkanes of at least 4 members (excludes halogenated alkanes) is 1. The molecule has 1 aromatic rings. The van der Waals surface area contributed by atoms with Crippen LogP contribution in [-0.2, 0) is 0 Å². The molecule has 0 saturated carbocycles. The van der Waals surface area contributed by atoms with Crippen LogP contribution in [0.5, 0.6) is 0 Å². The van der Waals surface area contributed by atoms with Crippen molar-refractivity contribution in [2.45, 2.75) is 72.1 Å². The fraction of sp³-hybridized carbons (Fsp3) is 0.481. The molecular weight excluding hydrogens is 356 g/mol. The summed E-state index contributed by atoms with van der Waals surface area (Å²) in [6, 6.07) is 8.98. The van der Waals surface area contributed by atoms with Crippen LogP contribution in [0.2, 0.25) is 0 Å². The summed E-state index contributed by atoms with van der Waals surface area (Å²) in [4.78, 5) is 1.37. The second-order valence-electron chi connectivity index (χ2n) is 9.81. The number of benzene rings is 1. The highest BCUT2D eigenvalue weighted by Crippen LogP contribution is 2.38. The molecule has 0 amide bonds. The molecule has 0 spiro atoms. The second-order valence-corrected chi connectivity index (χ2v) is 11.0. The lowest BCUT2D eigenvalue weighted by molar-refractivity contribution is 0.355. The van der Waals surface area contributed by atoms with Crippen LogP contribution in [0.25, 0.3) is 6.08 Å². The predicted molar refractivity (Wildman–Crippen MR) is 129 cm³/mol. The van der Waals surface area contributed by atoms with Crippen LogP contribution >= 0.6 is 11.8 Å². The van der Waals surface area contributed by atoms with Gasteiger partial charge in [-0.3, -0.25) is 0 Å². The standard InChI is InChI=1S/C27H38S/c1-7-8-18-28-25-15-13-22(14-16-25)11-12-24-19-23(20-27(5,6)21-24)10-9-17-26(2,3)4/h9-17,19H,7-8,18,20-21H2,1-6H3/b12-11+,17-9+,23-10-. The maximum Gasteiger partial charge on any atom is 0.00723 e. The normalized spacial score (nSPS) is 18.9. The van der Waals surface area contributed by atoms with Crippen molar-refractivity contribution in [1.82, 2.24) is 0 Å². The van der Waals surface area contributed by atoms with Crippen LogP contribution in [0, 0.1) is 10.8 Å². The zero-order valence-corrected chi connectivity index (χ0v) is 19.5. The molecule has 0 unspecified atom stereocenters. The van der Waals surface area contributed by atoms with Crippen LogP contribution in [-0.4, -0.2) is 5.75 Å². The van der Waals surface area contributed by atoms with Crippen molar-refractivity contribution >= 4 is 17.8 Å². The van der Waals surface area contributed by atoms with Gasteiger partial charge in [-0.1, -0.05) is 96.6 Å². The lowest BCUT2D eigenvalue weighted by Gasteiger charge is -2.30. The smallest absolute Gasteiger partial charge is 0.00723 e. The maximum absolute atomic E-state index is 2.38. The molecule has 0 aromatic heterocycles. The number of hydrogen-bond donors (Lipinski definition) is 0. The van der Waals surface area contributed by atoms with Gasteiger partial charge in [-0.15, -0.1) is 11.8 Å². The molecule has 1 heteroatoms. The first kappa shape index (κ1) is 22.8. The summed E-state index contributed by atoms with van der Waals surface area (Å²) in [5.41, 5.74) is 4.68. The molecule has 152 valence electrons. The lowest BCUT2D eigenvalue weighted by atomic mass is 9.75. The van der Waals surface area contributed by atoms with Gasteiger partial charge >= 0.3 is 0 Å². The second kappa shape index (κ2) is 10.3. The Morgan fingerprint density at radius 2 is 1.75 bits per heavy atom. The highest BCUT2D eigenvalue weighted by molar-refractivity contribution is 7.99. The summed E-state index contributed by atoms with van der Waals surface area (Å²) < 4.78 is 0. The Kier molecular flexibility index (Phi) is 8.43. The topological polar surface area (TPSA) is 0 Å². The van der Waals surface area contributed by atoms with E-state index in [0.717, 1.165) is 12.8 Å². The molecule has 0 nitrogen and oxygen atoms in total. The molecule has 0 aliphatic heterocycles. The minimum atomic E-state index is 0.231. The predicted octanol–water partition coefficient (Wildman–Crippen LogP) is 8.87. The van der Waals surface area contributed by atoms with Crippen LogP contribution < -0.4 is 0 Å². The van der Waals surface area contributed by atoms with E-state index in [2.05, 4.69) is 102 Å². The third-order valence-electron chi connectivity index (χ3n) is 4.78. The highest BCUT2D eigenvalue weighted by Gasteiger charge is 2.24. The van der Waals surface area contributed by atoms with Crippen molar-refractivity contribution in [3.05, 3.63) is 71.4 Å². The summed E-state index contributed by atoms with van der Waals surface area (Å²) in [5.74, 6) is 1.21. The molecule has 0 saturated heterocycles. The molecule has 1 aromatic carbocycles. The van der Waals surface area contributed by atoms with Gasteiger partial charge in [0.1, 0.15) is 0 Å². The summed E-state index contributed by atoms with van der Waals surface area (Å²) in [5, 5.41) is 0. The molecule has 1 aliphatic carbocycles. The minimum absolute atomic E-state index is 0.231. The molecule has 1 aliphatic rings. The van der Waals surface area contributed by atoms with Crippen LogP contribution in [0.15, 0.2) is 70.7 Å². The average molecular weight is 395 g/mol. The fourth-order valence-corrected chi connectivity index (χ4v) is 4.39. The number of rotatable bonds is 7. The number of hydrogen-bond acceptors (Lipinski definition) is 1. The molecule has 0 N–H and O–H groups in total. The Labute approximate surface area is 177 Å². The Bertz CT molecular complexity index is 733. The Morgan fingerprint density at radius 3 is 2.39 bits per heavy atom. The third-order valence-corrected chi connectivity index (χ3v) is 5.88. The largest absolute Gasteiger partial charge is 0.126 e. The van der Waals surface area contributed by atoms with E-state index in [9.17, 15) is 0 Å². The van der Waals surface area contributed by atoms with E-state index in [1.807, 2.05) is 11.8 Å². The Morgan fingerprint density at radius 1 is 1.04 bits per heavy atom. The van der Waals surface area contributed by atoms with Gasteiger partial charge in [-0.25, -0.2) is 0 Å². The molecule has 2 rings (SSSR count). The van der Waals surface area contributed by atoms with E-state index in [1.165, 1.54) is 40.2 Å².